The average Bonchev–Trinajstić information content (AvgIpc) is 2.71. The topological polar surface area (TPSA) is 29.9 Å². The Morgan fingerprint density at radius 3 is 2.63 bits per heavy atom. The molecule has 0 spiro atoms. The minimum absolute atomic E-state index is 0.632. The second-order valence-electron chi connectivity index (χ2n) is 5.89. The van der Waals surface area contributed by atoms with Crippen LogP contribution in [0.1, 0.15) is 68.9 Å². The zero-order valence-corrected chi connectivity index (χ0v) is 13.0. The van der Waals surface area contributed by atoms with E-state index in [1.165, 1.54) is 49.1 Å². The Hall–Kier alpha value is -0.830. The molecule has 2 atom stereocenters. The van der Waals surface area contributed by atoms with Crippen LogP contribution in [0.5, 0.6) is 0 Å². The maximum absolute atomic E-state index is 4.86. The molecule has 0 aliphatic heterocycles. The first-order chi connectivity index (χ1) is 9.19. The third-order valence-corrected chi connectivity index (χ3v) is 4.73. The number of nitrogens with zero attached hydrogens (tertiary/aromatic N) is 2. The number of aromatic nitrogens is 2. The van der Waals surface area contributed by atoms with Crippen LogP contribution in [0.4, 0.5) is 0 Å². The van der Waals surface area contributed by atoms with Crippen LogP contribution in [-0.4, -0.2) is 16.3 Å². The maximum atomic E-state index is 4.86. The van der Waals surface area contributed by atoms with Gasteiger partial charge in [0.1, 0.15) is 0 Å². The van der Waals surface area contributed by atoms with Crippen molar-refractivity contribution in [1.82, 2.24) is 15.1 Å². The van der Waals surface area contributed by atoms with Crippen LogP contribution >= 0.6 is 0 Å². The minimum Gasteiger partial charge on any atom is -0.313 e. The predicted octanol–water partition coefficient (Wildman–Crippen LogP) is 3.75. The van der Waals surface area contributed by atoms with Crippen molar-refractivity contribution >= 4 is 0 Å². The molecule has 0 radical (unpaired) electrons. The van der Waals surface area contributed by atoms with Crippen molar-refractivity contribution in [3.8, 4) is 0 Å². The molecule has 2 rings (SSSR count). The van der Waals surface area contributed by atoms with Crippen LogP contribution in [0.2, 0.25) is 0 Å². The predicted molar refractivity (Wildman–Crippen MR) is 80.4 cm³/mol. The van der Waals surface area contributed by atoms with Crippen LogP contribution in [-0.2, 0) is 6.54 Å². The normalized spacial score (nSPS) is 23.8. The van der Waals surface area contributed by atoms with E-state index in [0.29, 0.717) is 6.04 Å². The van der Waals surface area contributed by atoms with Crippen molar-refractivity contribution in [2.75, 3.05) is 6.54 Å². The van der Waals surface area contributed by atoms with Gasteiger partial charge in [-0.05, 0) is 39.2 Å². The van der Waals surface area contributed by atoms with E-state index in [0.717, 1.165) is 19.0 Å². The van der Waals surface area contributed by atoms with E-state index in [9.17, 15) is 0 Å². The van der Waals surface area contributed by atoms with Crippen LogP contribution in [0, 0.1) is 19.8 Å². The Morgan fingerprint density at radius 1 is 1.21 bits per heavy atom. The van der Waals surface area contributed by atoms with E-state index < -0.39 is 0 Å². The molecule has 0 bridgehead atoms. The Morgan fingerprint density at radius 2 is 1.95 bits per heavy atom. The second kappa shape index (κ2) is 6.56. The standard InChI is InChI=1S/C16H29N3/c1-5-14-9-7-8-10-16(14)19-13(4)15(11-17-6-2)12(3)18-19/h14,16-17H,5-11H2,1-4H3. The van der Waals surface area contributed by atoms with Gasteiger partial charge >= 0.3 is 0 Å². The molecular formula is C16H29N3. The zero-order chi connectivity index (χ0) is 13.8. The van der Waals surface area contributed by atoms with Gasteiger partial charge in [-0.25, -0.2) is 0 Å². The van der Waals surface area contributed by atoms with Crippen molar-refractivity contribution in [2.24, 2.45) is 5.92 Å². The number of nitrogens with one attached hydrogen (secondary N) is 1. The van der Waals surface area contributed by atoms with Gasteiger partial charge < -0.3 is 5.32 Å². The second-order valence-corrected chi connectivity index (χ2v) is 5.89. The fraction of sp³-hybridized carbons (Fsp3) is 0.812. The summed E-state index contributed by atoms with van der Waals surface area (Å²) in [6.07, 6.45) is 6.73. The molecule has 3 nitrogen and oxygen atoms in total. The maximum Gasteiger partial charge on any atom is 0.0641 e. The minimum atomic E-state index is 0.632. The summed E-state index contributed by atoms with van der Waals surface area (Å²) in [5.74, 6) is 0.818. The lowest BCUT2D eigenvalue weighted by Crippen LogP contribution is -2.24. The summed E-state index contributed by atoms with van der Waals surface area (Å²) in [6.45, 7) is 10.9. The Labute approximate surface area is 117 Å². The van der Waals surface area contributed by atoms with E-state index in [-0.39, 0.29) is 0 Å². The van der Waals surface area contributed by atoms with E-state index in [2.05, 4.69) is 37.7 Å². The van der Waals surface area contributed by atoms with Crippen LogP contribution in [0.3, 0.4) is 0 Å². The molecule has 1 aliphatic carbocycles. The Balaban J connectivity index is 2.23. The highest BCUT2D eigenvalue weighted by Crippen LogP contribution is 2.36. The number of aryl methyl sites for hydroxylation is 1. The molecule has 1 aromatic rings. The molecule has 19 heavy (non-hydrogen) atoms. The van der Waals surface area contributed by atoms with E-state index >= 15 is 0 Å². The van der Waals surface area contributed by atoms with E-state index in [1.54, 1.807) is 0 Å². The lowest BCUT2D eigenvalue weighted by molar-refractivity contribution is 0.214. The van der Waals surface area contributed by atoms with E-state index in [4.69, 9.17) is 5.10 Å². The molecular weight excluding hydrogens is 234 g/mol. The van der Waals surface area contributed by atoms with Crippen molar-refractivity contribution < 1.29 is 0 Å². The van der Waals surface area contributed by atoms with Gasteiger partial charge in [0.15, 0.2) is 0 Å². The number of hydrogen-bond donors (Lipinski definition) is 1. The van der Waals surface area contributed by atoms with Gasteiger partial charge in [0.2, 0.25) is 0 Å². The first-order valence-corrected chi connectivity index (χ1v) is 7.94. The van der Waals surface area contributed by atoms with Crippen molar-refractivity contribution in [2.45, 2.75) is 72.4 Å². The van der Waals surface area contributed by atoms with Crippen molar-refractivity contribution in [1.29, 1.82) is 0 Å². The molecule has 1 aromatic heterocycles. The number of rotatable bonds is 5. The molecule has 108 valence electrons. The van der Waals surface area contributed by atoms with Gasteiger partial charge in [-0.15, -0.1) is 0 Å². The fourth-order valence-electron chi connectivity index (χ4n) is 3.51. The van der Waals surface area contributed by atoms with Gasteiger partial charge in [-0.2, -0.15) is 5.10 Å². The van der Waals surface area contributed by atoms with Gasteiger partial charge in [0.25, 0.3) is 0 Å². The third-order valence-electron chi connectivity index (χ3n) is 4.73. The average molecular weight is 263 g/mol. The van der Waals surface area contributed by atoms with Crippen LogP contribution < -0.4 is 5.32 Å². The monoisotopic (exact) mass is 263 g/mol. The molecule has 2 unspecified atom stereocenters. The SMILES string of the molecule is CCNCc1c(C)nn(C2CCCCC2CC)c1C. The lowest BCUT2D eigenvalue weighted by atomic mass is 9.83. The van der Waals surface area contributed by atoms with Crippen LogP contribution in [0.25, 0.3) is 0 Å². The number of hydrogen-bond acceptors (Lipinski definition) is 2. The highest BCUT2D eigenvalue weighted by Gasteiger charge is 2.27. The highest BCUT2D eigenvalue weighted by atomic mass is 15.3. The van der Waals surface area contributed by atoms with Gasteiger partial charge in [0.05, 0.1) is 11.7 Å². The first-order valence-electron chi connectivity index (χ1n) is 7.94. The van der Waals surface area contributed by atoms with Crippen molar-refractivity contribution in [3.63, 3.8) is 0 Å². The summed E-state index contributed by atoms with van der Waals surface area (Å²) >= 11 is 0. The van der Waals surface area contributed by atoms with Crippen molar-refractivity contribution in [3.05, 3.63) is 17.0 Å². The van der Waals surface area contributed by atoms with E-state index in [1.807, 2.05) is 0 Å². The third kappa shape index (κ3) is 3.02. The van der Waals surface area contributed by atoms with Gasteiger partial charge in [-0.1, -0.05) is 33.1 Å². The quantitative estimate of drug-likeness (QED) is 0.877. The fourth-order valence-corrected chi connectivity index (χ4v) is 3.51. The highest BCUT2D eigenvalue weighted by molar-refractivity contribution is 5.25. The molecule has 1 saturated carbocycles. The summed E-state index contributed by atoms with van der Waals surface area (Å²) in [7, 11) is 0. The molecule has 0 amide bonds. The summed E-state index contributed by atoms with van der Waals surface area (Å²) in [6, 6.07) is 0.632. The lowest BCUT2D eigenvalue weighted by Gasteiger charge is -2.32. The van der Waals surface area contributed by atoms with Gasteiger partial charge in [0, 0.05) is 17.8 Å². The molecule has 0 saturated heterocycles. The molecule has 1 heterocycles. The summed E-state index contributed by atoms with van der Waals surface area (Å²) in [5, 5.41) is 8.30. The summed E-state index contributed by atoms with van der Waals surface area (Å²) in [4.78, 5) is 0. The molecule has 3 heteroatoms. The summed E-state index contributed by atoms with van der Waals surface area (Å²) in [5.41, 5.74) is 3.99. The van der Waals surface area contributed by atoms with Crippen LogP contribution in [0.15, 0.2) is 0 Å². The van der Waals surface area contributed by atoms with Gasteiger partial charge in [-0.3, -0.25) is 4.68 Å². The zero-order valence-electron chi connectivity index (χ0n) is 13.0. The Kier molecular flexibility index (Phi) is 5.03. The Bertz CT molecular complexity index is 408. The molecule has 1 fully saturated rings. The summed E-state index contributed by atoms with van der Waals surface area (Å²) < 4.78 is 2.34. The molecule has 1 N–H and O–H groups in total. The largest absolute Gasteiger partial charge is 0.313 e. The smallest absolute Gasteiger partial charge is 0.0641 e. The first kappa shape index (κ1) is 14.6. The molecule has 0 aromatic carbocycles. The molecule has 1 aliphatic rings.